The SMILES string of the molecule is CCC(CC)N(CCO)Cc1cccc(N)c1C(=O)OC. The first kappa shape index (κ1) is 17.5. The van der Waals surface area contributed by atoms with Gasteiger partial charge in [-0.2, -0.15) is 0 Å². The third-order valence-electron chi connectivity index (χ3n) is 3.79. The lowest BCUT2D eigenvalue weighted by molar-refractivity contribution is 0.0598. The van der Waals surface area contributed by atoms with Crippen molar-refractivity contribution in [1.29, 1.82) is 0 Å². The molecule has 0 aliphatic rings. The lowest BCUT2D eigenvalue weighted by atomic mass is 10.0. The third kappa shape index (κ3) is 4.44. The van der Waals surface area contributed by atoms with Gasteiger partial charge in [0.05, 0.1) is 19.3 Å². The number of nitrogens with zero attached hydrogens (tertiary/aromatic N) is 1. The summed E-state index contributed by atoms with van der Waals surface area (Å²) in [6, 6.07) is 5.78. The van der Waals surface area contributed by atoms with Gasteiger partial charge in [-0.3, -0.25) is 4.90 Å². The van der Waals surface area contributed by atoms with Gasteiger partial charge in [-0.25, -0.2) is 4.79 Å². The maximum Gasteiger partial charge on any atom is 0.340 e. The van der Waals surface area contributed by atoms with Gasteiger partial charge < -0.3 is 15.6 Å². The van der Waals surface area contributed by atoms with E-state index in [2.05, 4.69) is 18.7 Å². The number of nitrogen functional groups attached to an aromatic ring is 1. The maximum absolute atomic E-state index is 11.9. The molecule has 0 unspecified atom stereocenters. The van der Waals surface area contributed by atoms with Crippen LogP contribution in [0.2, 0.25) is 0 Å². The van der Waals surface area contributed by atoms with E-state index in [1.165, 1.54) is 7.11 Å². The molecule has 0 saturated carbocycles. The second kappa shape index (κ2) is 8.64. The second-order valence-corrected chi connectivity index (χ2v) is 5.04. The minimum atomic E-state index is -0.420. The lowest BCUT2D eigenvalue weighted by Gasteiger charge is -2.30. The average Bonchev–Trinajstić information content (AvgIpc) is 2.48. The molecular formula is C16H26N2O3. The highest BCUT2D eigenvalue weighted by Crippen LogP contribution is 2.22. The van der Waals surface area contributed by atoms with Crippen molar-refractivity contribution in [2.45, 2.75) is 39.3 Å². The number of methoxy groups -OCH3 is 1. The van der Waals surface area contributed by atoms with Gasteiger partial charge in [-0.15, -0.1) is 0 Å². The van der Waals surface area contributed by atoms with E-state index in [1.54, 1.807) is 6.07 Å². The standard InChI is InChI=1S/C16H26N2O3/c1-4-13(5-2)18(9-10-19)11-12-7-6-8-14(17)15(12)16(20)21-3/h6-8,13,19H,4-5,9-11,17H2,1-3H3. The van der Waals surface area contributed by atoms with Crippen LogP contribution in [0.25, 0.3) is 0 Å². The number of hydrogen-bond donors (Lipinski definition) is 2. The van der Waals surface area contributed by atoms with Crippen molar-refractivity contribution in [2.75, 3.05) is 26.0 Å². The normalized spacial score (nSPS) is 11.1. The Labute approximate surface area is 126 Å². The van der Waals surface area contributed by atoms with Crippen molar-refractivity contribution in [3.05, 3.63) is 29.3 Å². The Kier molecular flexibility index (Phi) is 7.19. The summed E-state index contributed by atoms with van der Waals surface area (Å²) in [5.74, 6) is -0.420. The molecule has 5 nitrogen and oxygen atoms in total. The number of hydrogen-bond acceptors (Lipinski definition) is 5. The van der Waals surface area contributed by atoms with Crippen LogP contribution in [0.15, 0.2) is 18.2 Å². The summed E-state index contributed by atoms with van der Waals surface area (Å²) in [7, 11) is 1.35. The van der Waals surface area contributed by atoms with E-state index in [-0.39, 0.29) is 6.61 Å². The third-order valence-corrected chi connectivity index (χ3v) is 3.79. The quantitative estimate of drug-likeness (QED) is 0.567. The summed E-state index contributed by atoms with van der Waals surface area (Å²) in [5, 5.41) is 9.28. The Morgan fingerprint density at radius 2 is 2.05 bits per heavy atom. The van der Waals surface area contributed by atoms with Crippen molar-refractivity contribution in [3.8, 4) is 0 Å². The molecule has 0 spiro atoms. The van der Waals surface area contributed by atoms with E-state index in [0.717, 1.165) is 18.4 Å². The van der Waals surface area contributed by atoms with Crippen LogP contribution in [0.3, 0.4) is 0 Å². The molecule has 1 aromatic carbocycles. The summed E-state index contributed by atoms with van der Waals surface area (Å²) < 4.78 is 4.83. The summed E-state index contributed by atoms with van der Waals surface area (Å²) in [5.41, 5.74) is 7.60. The first-order valence-electron chi connectivity index (χ1n) is 7.39. The largest absolute Gasteiger partial charge is 0.465 e. The Hall–Kier alpha value is -1.59. The number of esters is 1. The van der Waals surface area contributed by atoms with Crippen LogP contribution < -0.4 is 5.73 Å². The molecule has 0 amide bonds. The van der Waals surface area contributed by atoms with Crippen LogP contribution in [0, 0.1) is 0 Å². The van der Waals surface area contributed by atoms with E-state index < -0.39 is 5.97 Å². The van der Waals surface area contributed by atoms with Crippen molar-refractivity contribution in [3.63, 3.8) is 0 Å². The Bertz CT molecular complexity index is 459. The highest BCUT2D eigenvalue weighted by atomic mass is 16.5. The zero-order valence-corrected chi connectivity index (χ0v) is 13.1. The Morgan fingerprint density at radius 3 is 2.57 bits per heavy atom. The molecule has 0 saturated heterocycles. The molecule has 118 valence electrons. The molecule has 0 atom stereocenters. The average molecular weight is 294 g/mol. The molecule has 1 aromatic rings. The second-order valence-electron chi connectivity index (χ2n) is 5.04. The summed E-state index contributed by atoms with van der Waals surface area (Å²) in [6.07, 6.45) is 1.98. The van der Waals surface area contributed by atoms with Crippen molar-refractivity contribution >= 4 is 11.7 Å². The number of nitrogens with two attached hydrogens (primary N) is 1. The van der Waals surface area contributed by atoms with Gasteiger partial charge in [0.2, 0.25) is 0 Å². The van der Waals surface area contributed by atoms with E-state index >= 15 is 0 Å². The van der Waals surface area contributed by atoms with Crippen LogP contribution in [-0.4, -0.2) is 42.3 Å². The molecule has 0 radical (unpaired) electrons. The van der Waals surface area contributed by atoms with Gasteiger partial charge in [0, 0.05) is 24.8 Å². The van der Waals surface area contributed by atoms with Crippen molar-refractivity contribution in [2.24, 2.45) is 0 Å². The summed E-state index contributed by atoms with van der Waals surface area (Å²) in [4.78, 5) is 14.1. The highest BCUT2D eigenvalue weighted by molar-refractivity contribution is 5.96. The van der Waals surface area contributed by atoms with Crippen molar-refractivity contribution < 1.29 is 14.6 Å². The van der Waals surface area contributed by atoms with Crippen molar-refractivity contribution in [1.82, 2.24) is 4.90 Å². The van der Waals surface area contributed by atoms with Gasteiger partial charge in [0.25, 0.3) is 0 Å². The summed E-state index contributed by atoms with van der Waals surface area (Å²) >= 11 is 0. The molecule has 21 heavy (non-hydrogen) atoms. The number of carbonyl (C=O) groups is 1. The molecule has 0 aliphatic carbocycles. The highest BCUT2D eigenvalue weighted by Gasteiger charge is 2.20. The van der Waals surface area contributed by atoms with E-state index in [0.29, 0.717) is 30.4 Å². The van der Waals surface area contributed by atoms with Crippen LogP contribution >= 0.6 is 0 Å². The van der Waals surface area contributed by atoms with Gasteiger partial charge in [0.1, 0.15) is 0 Å². The van der Waals surface area contributed by atoms with Crippen LogP contribution in [0.1, 0.15) is 42.6 Å². The monoisotopic (exact) mass is 294 g/mol. The number of ether oxygens (including phenoxy) is 1. The smallest absolute Gasteiger partial charge is 0.340 e. The van der Waals surface area contributed by atoms with Crippen LogP contribution in [0.5, 0.6) is 0 Å². The topological polar surface area (TPSA) is 75.8 Å². The molecule has 0 aromatic heterocycles. The predicted molar refractivity (Wildman–Crippen MR) is 84.1 cm³/mol. The van der Waals surface area contributed by atoms with Gasteiger partial charge >= 0.3 is 5.97 Å². The molecule has 3 N–H and O–H groups in total. The number of benzene rings is 1. The summed E-state index contributed by atoms with van der Waals surface area (Å²) in [6.45, 7) is 5.48. The number of aliphatic hydroxyl groups excluding tert-OH is 1. The predicted octanol–water partition coefficient (Wildman–Crippen LogP) is 2.04. The van der Waals surface area contributed by atoms with E-state index in [4.69, 9.17) is 10.5 Å². The van der Waals surface area contributed by atoms with Crippen LogP contribution in [-0.2, 0) is 11.3 Å². The molecule has 0 heterocycles. The fraction of sp³-hybridized carbons (Fsp3) is 0.562. The minimum absolute atomic E-state index is 0.0897. The number of rotatable bonds is 8. The molecule has 5 heteroatoms. The Balaban J connectivity index is 3.08. The lowest BCUT2D eigenvalue weighted by Crippen LogP contribution is -2.36. The molecule has 0 bridgehead atoms. The van der Waals surface area contributed by atoms with Gasteiger partial charge in [-0.05, 0) is 24.5 Å². The first-order valence-corrected chi connectivity index (χ1v) is 7.39. The zero-order valence-electron chi connectivity index (χ0n) is 13.1. The minimum Gasteiger partial charge on any atom is -0.465 e. The van der Waals surface area contributed by atoms with Gasteiger partial charge in [-0.1, -0.05) is 26.0 Å². The first-order chi connectivity index (χ1) is 10.1. The number of carbonyl (C=O) groups excluding carboxylic acids is 1. The molecule has 0 fully saturated rings. The maximum atomic E-state index is 11.9. The van der Waals surface area contributed by atoms with Crippen LogP contribution in [0.4, 0.5) is 5.69 Å². The zero-order chi connectivity index (χ0) is 15.8. The number of anilines is 1. The fourth-order valence-corrected chi connectivity index (χ4v) is 2.65. The molecule has 0 aliphatic heterocycles. The fourth-order valence-electron chi connectivity index (χ4n) is 2.65. The number of aliphatic hydroxyl groups is 1. The molecule has 1 rings (SSSR count). The van der Waals surface area contributed by atoms with E-state index in [1.807, 2.05) is 12.1 Å². The molecular weight excluding hydrogens is 268 g/mol. The van der Waals surface area contributed by atoms with Gasteiger partial charge in [0.15, 0.2) is 0 Å². The van der Waals surface area contributed by atoms with E-state index in [9.17, 15) is 9.90 Å². The Morgan fingerprint density at radius 1 is 1.38 bits per heavy atom.